The van der Waals surface area contributed by atoms with Crippen LogP contribution in [0.4, 0.5) is 8.78 Å². The van der Waals surface area contributed by atoms with E-state index in [-0.39, 0.29) is 16.9 Å². The van der Waals surface area contributed by atoms with Gasteiger partial charge in [-0.25, -0.2) is 8.78 Å². The Balaban J connectivity index is 1.65. The van der Waals surface area contributed by atoms with Gasteiger partial charge in [0, 0.05) is 31.7 Å². The first-order chi connectivity index (χ1) is 16.5. The molecule has 34 heavy (non-hydrogen) atoms. The Kier molecular flexibility index (Phi) is 7.90. The molecule has 0 fully saturated rings. The van der Waals surface area contributed by atoms with Gasteiger partial charge in [0.15, 0.2) is 5.60 Å². The number of furan rings is 1. The van der Waals surface area contributed by atoms with Gasteiger partial charge in [0.25, 0.3) is 0 Å². The summed E-state index contributed by atoms with van der Waals surface area (Å²) in [5, 5.41) is 13.9. The fraction of sp³-hybridized carbons (Fsp3) is 0.259. The van der Waals surface area contributed by atoms with Crippen molar-refractivity contribution in [3.8, 4) is 0 Å². The maximum absolute atomic E-state index is 14.1. The molecule has 0 saturated carbocycles. The van der Waals surface area contributed by atoms with E-state index in [4.69, 9.17) is 9.15 Å². The highest BCUT2D eigenvalue weighted by Crippen LogP contribution is 2.38. The molecule has 7 heteroatoms. The summed E-state index contributed by atoms with van der Waals surface area (Å²) in [6.45, 7) is 2.74. The third kappa shape index (κ3) is 5.62. The van der Waals surface area contributed by atoms with Gasteiger partial charge >= 0.3 is 0 Å². The molecular weight excluding hydrogens is 456 g/mol. The number of thiophene rings is 1. The van der Waals surface area contributed by atoms with Crippen molar-refractivity contribution in [1.29, 1.82) is 0 Å². The summed E-state index contributed by atoms with van der Waals surface area (Å²) < 4.78 is 39.5. The first-order valence-electron chi connectivity index (χ1n) is 11.1. The minimum atomic E-state index is -1.85. The van der Waals surface area contributed by atoms with E-state index in [9.17, 15) is 13.9 Å². The van der Waals surface area contributed by atoms with Gasteiger partial charge in [0.1, 0.15) is 23.2 Å². The summed E-state index contributed by atoms with van der Waals surface area (Å²) >= 11 is 1.69. The van der Waals surface area contributed by atoms with E-state index in [0.29, 0.717) is 18.9 Å². The Hall–Kier alpha value is -2.84. The number of rotatable bonds is 11. The zero-order valence-corrected chi connectivity index (χ0v) is 19.7. The normalized spacial score (nSPS) is 11.9. The largest absolute Gasteiger partial charge is 0.461 e. The van der Waals surface area contributed by atoms with Crippen LogP contribution in [0.5, 0.6) is 0 Å². The molecule has 0 spiro atoms. The fourth-order valence-corrected chi connectivity index (χ4v) is 4.77. The topological polar surface area (TPSA) is 45.8 Å². The van der Waals surface area contributed by atoms with Gasteiger partial charge in [-0.15, -0.1) is 11.3 Å². The van der Waals surface area contributed by atoms with Crippen molar-refractivity contribution in [1.82, 2.24) is 4.90 Å². The molecule has 0 aliphatic rings. The second kappa shape index (κ2) is 11.1. The Labute approximate surface area is 202 Å². The minimum Gasteiger partial charge on any atom is -0.461 e. The number of halogens is 2. The average molecular weight is 484 g/mol. The van der Waals surface area contributed by atoms with Gasteiger partial charge < -0.3 is 14.3 Å². The molecule has 4 aromatic rings. The molecule has 0 atom stereocenters. The average Bonchev–Trinajstić information content (AvgIpc) is 3.51. The predicted molar refractivity (Wildman–Crippen MR) is 129 cm³/mol. The molecular formula is C27H27F2NO3S. The lowest BCUT2D eigenvalue weighted by atomic mass is 9.84. The Morgan fingerprint density at radius 3 is 2.24 bits per heavy atom. The number of methoxy groups -OCH3 is 1. The second-order valence-electron chi connectivity index (χ2n) is 8.13. The molecule has 178 valence electrons. The number of hydrogen-bond donors (Lipinski definition) is 1. The third-order valence-electron chi connectivity index (χ3n) is 5.66. The van der Waals surface area contributed by atoms with Crippen molar-refractivity contribution < 1.29 is 23.0 Å². The summed E-state index contributed by atoms with van der Waals surface area (Å²) in [6.07, 6.45) is 0.867. The molecule has 2 aromatic heterocycles. The smallest absolute Gasteiger partial charge is 0.173 e. The van der Waals surface area contributed by atoms with E-state index in [0.717, 1.165) is 19.5 Å². The van der Waals surface area contributed by atoms with Gasteiger partial charge in [-0.2, -0.15) is 0 Å². The molecule has 4 rings (SSSR count). The maximum atomic E-state index is 14.1. The van der Waals surface area contributed by atoms with Crippen molar-refractivity contribution in [2.24, 2.45) is 0 Å². The van der Waals surface area contributed by atoms with Crippen LogP contribution < -0.4 is 0 Å². The van der Waals surface area contributed by atoms with E-state index in [1.807, 2.05) is 11.4 Å². The second-order valence-corrected chi connectivity index (χ2v) is 9.17. The molecule has 0 amide bonds. The summed E-state index contributed by atoms with van der Waals surface area (Å²) in [5.41, 5.74) is -1.33. The predicted octanol–water partition coefficient (Wildman–Crippen LogP) is 5.94. The van der Waals surface area contributed by atoms with E-state index < -0.39 is 17.2 Å². The summed E-state index contributed by atoms with van der Waals surface area (Å²) in [6, 6.07) is 18.9. The maximum Gasteiger partial charge on any atom is 0.173 e. The number of nitrogens with zero attached hydrogens (tertiary/aromatic N) is 1. The SMILES string of the molecule is COCCCN(Cc1ccc(C(O)(c2cccc(F)c2)c2cccc(F)c2)o1)Cc1cccs1. The molecule has 0 radical (unpaired) electrons. The standard InChI is InChI=1S/C27H27F2NO3S/c1-32-14-5-13-30(19-25-10-4-15-34-25)18-24-11-12-26(33-24)27(31,20-6-2-8-22(28)16-20)21-7-3-9-23(29)17-21/h2-4,6-12,15-17,31H,5,13-14,18-19H2,1H3. The lowest BCUT2D eigenvalue weighted by molar-refractivity contribution is 0.0941. The molecule has 0 bridgehead atoms. The zero-order chi connectivity index (χ0) is 24.0. The van der Waals surface area contributed by atoms with Crippen LogP contribution in [-0.4, -0.2) is 30.3 Å². The van der Waals surface area contributed by atoms with Gasteiger partial charge in [0.2, 0.25) is 0 Å². The van der Waals surface area contributed by atoms with Crippen molar-refractivity contribution in [3.63, 3.8) is 0 Å². The molecule has 0 aliphatic heterocycles. The Bertz CT molecular complexity index is 1150. The number of benzene rings is 2. The van der Waals surface area contributed by atoms with Crippen molar-refractivity contribution in [2.75, 3.05) is 20.3 Å². The first-order valence-corrected chi connectivity index (χ1v) is 11.9. The quantitative estimate of drug-likeness (QED) is 0.268. The first kappa shape index (κ1) is 24.3. The fourth-order valence-electron chi connectivity index (χ4n) is 4.03. The Morgan fingerprint density at radius 2 is 1.65 bits per heavy atom. The third-order valence-corrected chi connectivity index (χ3v) is 6.53. The molecule has 0 aliphatic carbocycles. The summed E-state index contributed by atoms with van der Waals surface area (Å²) in [5.74, 6) is -0.152. The summed E-state index contributed by atoms with van der Waals surface area (Å²) in [7, 11) is 1.68. The van der Waals surface area contributed by atoms with Crippen LogP contribution >= 0.6 is 11.3 Å². The van der Waals surface area contributed by atoms with Gasteiger partial charge in [-0.05, 0) is 65.4 Å². The molecule has 2 heterocycles. The van der Waals surface area contributed by atoms with Gasteiger partial charge in [0.05, 0.1) is 6.54 Å². The monoisotopic (exact) mass is 483 g/mol. The minimum absolute atomic E-state index is 0.201. The number of ether oxygens (including phenoxy) is 1. The van der Waals surface area contributed by atoms with Crippen LogP contribution in [0, 0.1) is 11.6 Å². The van der Waals surface area contributed by atoms with E-state index >= 15 is 0 Å². The highest BCUT2D eigenvalue weighted by Gasteiger charge is 2.38. The van der Waals surface area contributed by atoms with Crippen LogP contribution in [0.3, 0.4) is 0 Å². The molecule has 2 aromatic carbocycles. The van der Waals surface area contributed by atoms with Crippen LogP contribution in [0.1, 0.15) is 33.9 Å². The van der Waals surface area contributed by atoms with Crippen molar-refractivity contribution >= 4 is 11.3 Å². The summed E-state index contributed by atoms with van der Waals surface area (Å²) in [4.78, 5) is 3.48. The molecule has 0 saturated heterocycles. The lowest BCUT2D eigenvalue weighted by Gasteiger charge is -2.27. The van der Waals surface area contributed by atoms with Crippen molar-refractivity contribution in [3.05, 3.63) is 117 Å². The van der Waals surface area contributed by atoms with Crippen LogP contribution in [0.25, 0.3) is 0 Å². The Morgan fingerprint density at radius 1 is 0.941 bits per heavy atom. The van der Waals surface area contributed by atoms with E-state index in [1.165, 1.54) is 41.3 Å². The highest BCUT2D eigenvalue weighted by atomic mass is 32.1. The highest BCUT2D eigenvalue weighted by molar-refractivity contribution is 7.09. The van der Waals surface area contributed by atoms with E-state index in [2.05, 4.69) is 11.0 Å². The lowest BCUT2D eigenvalue weighted by Crippen LogP contribution is -2.29. The number of aliphatic hydroxyl groups is 1. The molecule has 4 nitrogen and oxygen atoms in total. The molecule has 0 unspecified atom stereocenters. The van der Waals surface area contributed by atoms with Gasteiger partial charge in [-0.3, -0.25) is 4.90 Å². The van der Waals surface area contributed by atoms with Crippen LogP contribution in [0.15, 0.2) is 82.6 Å². The van der Waals surface area contributed by atoms with Gasteiger partial charge in [-0.1, -0.05) is 30.3 Å². The van der Waals surface area contributed by atoms with Crippen LogP contribution in [-0.2, 0) is 23.4 Å². The zero-order valence-electron chi connectivity index (χ0n) is 18.9. The number of hydrogen-bond acceptors (Lipinski definition) is 5. The van der Waals surface area contributed by atoms with Crippen molar-refractivity contribution in [2.45, 2.75) is 25.1 Å². The van der Waals surface area contributed by atoms with Crippen LogP contribution in [0.2, 0.25) is 0 Å². The molecule has 1 N–H and O–H groups in total. The van der Waals surface area contributed by atoms with E-state index in [1.54, 1.807) is 42.7 Å².